The van der Waals surface area contributed by atoms with Crippen molar-refractivity contribution in [3.63, 3.8) is 0 Å². The molecule has 1 amide bonds. The van der Waals surface area contributed by atoms with Crippen molar-refractivity contribution in [2.45, 2.75) is 32.7 Å². The third kappa shape index (κ3) is 3.88. The maximum absolute atomic E-state index is 12.4. The summed E-state index contributed by atoms with van der Waals surface area (Å²) in [6.45, 7) is 4.88. The first-order chi connectivity index (χ1) is 11.7. The number of aromatic nitrogens is 2. The van der Waals surface area contributed by atoms with Crippen LogP contribution in [0.25, 0.3) is 5.69 Å². The minimum atomic E-state index is -1.42. The number of aliphatic carboxylic acids is 1. The maximum atomic E-state index is 12.4. The van der Waals surface area contributed by atoms with Gasteiger partial charge in [-0.05, 0) is 44.0 Å². The van der Waals surface area contributed by atoms with Gasteiger partial charge in [-0.25, -0.2) is 4.79 Å². The van der Waals surface area contributed by atoms with E-state index in [1.54, 1.807) is 25.1 Å². The predicted molar refractivity (Wildman–Crippen MR) is 93.4 cm³/mol. The first-order valence-electron chi connectivity index (χ1n) is 7.61. The summed E-state index contributed by atoms with van der Waals surface area (Å²) in [4.78, 5) is 35.8. The molecule has 25 heavy (non-hydrogen) atoms. The Labute approximate surface area is 149 Å². The number of hydrogen-bond acceptors (Lipinski definition) is 4. The number of hydrogen-bond donors (Lipinski definition) is 2. The van der Waals surface area contributed by atoms with Gasteiger partial charge in [-0.15, -0.1) is 0 Å². The number of amides is 1. The number of nitrogens with one attached hydrogen (secondary N) is 1. The van der Waals surface area contributed by atoms with Gasteiger partial charge in [0.15, 0.2) is 0 Å². The van der Waals surface area contributed by atoms with E-state index in [9.17, 15) is 19.5 Å². The molecule has 0 radical (unpaired) electrons. The zero-order chi connectivity index (χ0) is 18.8. The topological polar surface area (TPSA) is 101 Å². The molecule has 1 aromatic carbocycles. The molecule has 2 N–H and O–H groups in total. The number of nitrogens with zero attached hydrogens (tertiary/aromatic N) is 2. The standard InChI is InChI=1S/C17H18ClN3O4/c1-4-17(3,16(24)25)19-15(23)13-7-8-14(22)21(20-13)11-6-5-10(2)12(18)9-11/h5-9H,4H2,1-3H3,(H,19,23)(H,24,25). The monoisotopic (exact) mass is 363 g/mol. The second-order valence-electron chi connectivity index (χ2n) is 5.85. The smallest absolute Gasteiger partial charge is 0.329 e. The lowest BCUT2D eigenvalue weighted by Gasteiger charge is -2.24. The molecule has 8 heteroatoms. The molecule has 0 fully saturated rings. The Hall–Kier alpha value is -2.67. The summed E-state index contributed by atoms with van der Waals surface area (Å²) in [5.74, 6) is -1.83. The number of halogens is 1. The molecular formula is C17H18ClN3O4. The van der Waals surface area contributed by atoms with Crippen molar-refractivity contribution in [3.8, 4) is 5.69 Å². The fourth-order valence-electron chi connectivity index (χ4n) is 2.04. The van der Waals surface area contributed by atoms with Crippen molar-refractivity contribution in [3.05, 3.63) is 57.0 Å². The highest BCUT2D eigenvalue weighted by atomic mass is 35.5. The molecule has 1 atom stereocenters. The van der Waals surface area contributed by atoms with E-state index in [1.165, 1.54) is 19.1 Å². The van der Waals surface area contributed by atoms with E-state index >= 15 is 0 Å². The van der Waals surface area contributed by atoms with Gasteiger partial charge in [0.1, 0.15) is 11.2 Å². The maximum Gasteiger partial charge on any atom is 0.329 e. The van der Waals surface area contributed by atoms with E-state index in [1.807, 2.05) is 6.92 Å². The van der Waals surface area contributed by atoms with E-state index in [4.69, 9.17) is 11.6 Å². The molecular weight excluding hydrogens is 346 g/mol. The summed E-state index contributed by atoms with van der Waals surface area (Å²) in [6, 6.07) is 7.41. The Morgan fingerprint density at radius 3 is 2.56 bits per heavy atom. The first-order valence-corrected chi connectivity index (χ1v) is 7.98. The van der Waals surface area contributed by atoms with Crippen molar-refractivity contribution in [2.24, 2.45) is 0 Å². The van der Waals surface area contributed by atoms with Gasteiger partial charge >= 0.3 is 5.97 Å². The summed E-state index contributed by atoms with van der Waals surface area (Å²) in [6.07, 6.45) is 0.196. The average Bonchev–Trinajstić information content (AvgIpc) is 2.57. The van der Waals surface area contributed by atoms with Gasteiger partial charge in [0.25, 0.3) is 11.5 Å². The predicted octanol–water partition coefficient (Wildman–Crippen LogP) is 2.18. The number of carboxylic acids is 1. The van der Waals surface area contributed by atoms with Gasteiger partial charge in [0, 0.05) is 11.1 Å². The minimum Gasteiger partial charge on any atom is -0.480 e. The summed E-state index contributed by atoms with van der Waals surface area (Å²) in [5.41, 5.74) is -0.683. The zero-order valence-electron chi connectivity index (χ0n) is 14.0. The average molecular weight is 364 g/mol. The molecule has 0 aliphatic heterocycles. The molecule has 1 aromatic heterocycles. The quantitative estimate of drug-likeness (QED) is 0.847. The molecule has 0 aliphatic carbocycles. The Morgan fingerprint density at radius 1 is 1.32 bits per heavy atom. The van der Waals surface area contributed by atoms with E-state index in [2.05, 4.69) is 10.4 Å². The number of carboxylic acid groups (broad SMARTS) is 1. The van der Waals surface area contributed by atoms with Crippen LogP contribution in [0.15, 0.2) is 35.1 Å². The lowest BCUT2D eigenvalue weighted by Crippen LogP contribution is -2.52. The fourth-order valence-corrected chi connectivity index (χ4v) is 2.21. The van der Waals surface area contributed by atoms with Crippen LogP contribution < -0.4 is 10.9 Å². The Balaban J connectivity index is 2.41. The van der Waals surface area contributed by atoms with Crippen LogP contribution in [0.2, 0.25) is 5.02 Å². The normalized spacial score (nSPS) is 13.1. The molecule has 7 nitrogen and oxygen atoms in total. The van der Waals surface area contributed by atoms with E-state index in [0.717, 1.165) is 10.2 Å². The molecule has 0 bridgehead atoms. The van der Waals surface area contributed by atoms with Crippen molar-refractivity contribution < 1.29 is 14.7 Å². The Kier molecular flexibility index (Phi) is 5.27. The number of aryl methyl sites for hydroxylation is 1. The van der Waals surface area contributed by atoms with Crippen molar-refractivity contribution in [2.75, 3.05) is 0 Å². The van der Waals surface area contributed by atoms with Crippen LogP contribution in [0.5, 0.6) is 0 Å². The van der Waals surface area contributed by atoms with E-state index in [-0.39, 0.29) is 12.1 Å². The number of benzene rings is 1. The highest BCUT2D eigenvalue weighted by Crippen LogP contribution is 2.18. The van der Waals surface area contributed by atoms with Crippen LogP contribution in [0.4, 0.5) is 0 Å². The van der Waals surface area contributed by atoms with Gasteiger partial charge in [0.2, 0.25) is 0 Å². The van der Waals surface area contributed by atoms with Crippen molar-refractivity contribution in [1.82, 2.24) is 15.1 Å². The van der Waals surface area contributed by atoms with E-state index in [0.29, 0.717) is 10.7 Å². The third-order valence-corrected chi connectivity index (χ3v) is 4.41. The second kappa shape index (κ2) is 7.06. The highest BCUT2D eigenvalue weighted by molar-refractivity contribution is 6.31. The Bertz CT molecular complexity index is 894. The van der Waals surface area contributed by atoms with E-state index < -0.39 is 23.0 Å². The van der Waals surface area contributed by atoms with Crippen molar-refractivity contribution in [1.29, 1.82) is 0 Å². The largest absolute Gasteiger partial charge is 0.480 e. The zero-order valence-corrected chi connectivity index (χ0v) is 14.8. The van der Waals surface area contributed by atoms with Gasteiger partial charge in [0.05, 0.1) is 5.69 Å². The minimum absolute atomic E-state index is 0.0720. The molecule has 1 heterocycles. The van der Waals surface area contributed by atoms with Crippen LogP contribution in [-0.4, -0.2) is 32.3 Å². The van der Waals surface area contributed by atoms with Gasteiger partial charge < -0.3 is 10.4 Å². The third-order valence-electron chi connectivity index (χ3n) is 4.00. The van der Waals surface area contributed by atoms with Gasteiger partial charge in [-0.3, -0.25) is 9.59 Å². The number of rotatable bonds is 5. The second-order valence-corrected chi connectivity index (χ2v) is 6.25. The SMILES string of the molecule is CCC(C)(NC(=O)c1ccc(=O)n(-c2ccc(C)c(Cl)c2)n1)C(=O)O. The molecule has 0 saturated carbocycles. The van der Waals surface area contributed by atoms with Crippen LogP contribution >= 0.6 is 11.6 Å². The summed E-state index contributed by atoms with van der Waals surface area (Å²) in [7, 11) is 0. The molecule has 0 spiro atoms. The highest BCUT2D eigenvalue weighted by Gasteiger charge is 2.33. The molecule has 132 valence electrons. The Morgan fingerprint density at radius 2 is 2.00 bits per heavy atom. The van der Waals surface area contributed by atoms with Crippen LogP contribution in [0.3, 0.4) is 0 Å². The van der Waals surface area contributed by atoms with Crippen molar-refractivity contribution >= 4 is 23.5 Å². The first kappa shape index (κ1) is 18.7. The lowest BCUT2D eigenvalue weighted by molar-refractivity contribution is -0.143. The summed E-state index contributed by atoms with van der Waals surface area (Å²) < 4.78 is 1.05. The molecule has 0 saturated heterocycles. The van der Waals surface area contributed by atoms with Gasteiger partial charge in [-0.1, -0.05) is 24.6 Å². The molecule has 0 aliphatic rings. The van der Waals surface area contributed by atoms with Crippen LogP contribution in [0.1, 0.15) is 36.3 Å². The van der Waals surface area contributed by atoms with Gasteiger partial charge in [-0.2, -0.15) is 9.78 Å². The number of carbonyl (C=O) groups is 2. The van der Waals surface area contributed by atoms with Crippen LogP contribution in [0, 0.1) is 6.92 Å². The fraction of sp³-hybridized carbons (Fsp3) is 0.294. The molecule has 2 aromatic rings. The molecule has 1 unspecified atom stereocenters. The summed E-state index contributed by atoms with van der Waals surface area (Å²) in [5, 5.41) is 16.2. The van der Waals surface area contributed by atoms with Crippen LogP contribution in [-0.2, 0) is 4.79 Å². The lowest BCUT2D eigenvalue weighted by atomic mass is 9.99. The summed E-state index contributed by atoms with van der Waals surface area (Å²) >= 11 is 6.07. The molecule has 2 rings (SSSR count). The number of carbonyl (C=O) groups excluding carboxylic acids is 1.